The summed E-state index contributed by atoms with van der Waals surface area (Å²) in [5.74, 6) is 0.622. The Morgan fingerprint density at radius 3 is 3.06 bits per heavy atom. The van der Waals surface area contributed by atoms with Crippen LogP contribution in [0.4, 0.5) is 5.69 Å². The molecule has 1 atom stereocenters. The highest BCUT2D eigenvalue weighted by Crippen LogP contribution is 2.37. The van der Waals surface area contributed by atoms with Crippen LogP contribution in [0.1, 0.15) is 30.9 Å². The summed E-state index contributed by atoms with van der Waals surface area (Å²) in [5, 5.41) is 0. The van der Waals surface area contributed by atoms with E-state index in [2.05, 4.69) is 36.9 Å². The molecule has 0 aliphatic carbocycles. The fourth-order valence-electron chi connectivity index (χ4n) is 3.00. The molecule has 0 amide bonds. The summed E-state index contributed by atoms with van der Waals surface area (Å²) in [6.45, 7) is 7.39. The second kappa shape index (κ2) is 3.77. The van der Waals surface area contributed by atoms with Gasteiger partial charge >= 0.3 is 0 Å². The first kappa shape index (κ1) is 10.2. The number of ether oxygens (including phenoxy) is 1. The largest absolute Gasteiger partial charge is 0.377 e. The fourth-order valence-corrected chi connectivity index (χ4v) is 3.00. The van der Waals surface area contributed by atoms with Crippen LogP contribution in [-0.2, 0) is 11.2 Å². The molecule has 86 valence electrons. The molecule has 1 saturated heterocycles. The highest BCUT2D eigenvalue weighted by Gasteiger charge is 2.33. The summed E-state index contributed by atoms with van der Waals surface area (Å²) in [6, 6.07) is 7.34. The van der Waals surface area contributed by atoms with Crippen LogP contribution in [0.2, 0.25) is 0 Å². The third-order valence-electron chi connectivity index (χ3n) is 3.79. The van der Waals surface area contributed by atoms with Crippen LogP contribution in [0.5, 0.6) is 0 Å². The Morgan fingerprint density at radius 1 is 1.38 bits per heavy atom. The smallest absolute Gasteiger partial charge is 0.0674 e. The van der Waals surface area contributed by atoms with Crippen molar-refractivity contribution in [1.29, 1.82) is 0 Å². The maximum atomic E-state index is 5.57. The van der Waals surface area contributed by atoms with Gasteiger partial charge < -0.3 is 9.64 Å². The third-order valence-corrected chi connectivity index (χ3v) is 3.79. The molecule has 1 aromatic carbocycles. The van der Waals surface area contributed by atoms with Crippen LogP contribution >= 0.6 is 0 Å². The first-order valence-electron chi connectivity index (χ1n) is 6.23. The molecule has 2 heterocycles. The predicted molar refractivity (Wildman–Crippen MR) is 66.2 cm³/mol. The molecule has 2 nitrogen and oxygen atoms in total. The molecule has 2 heteroatoms. The van der Waals surface area contributed by atoms with Gasteiger partial charge in [0.05, 0.1) is 19.3 Å². The molecular weight excluding hydrogens is 198 g/mol. The van der Waals surface area contributed by atoms with Gasteiger partial charge in [0, 0.05) is 12.2 Å². The Labute approximate surface area is 97.2 Å². The molecular formula is C14H19NO. The van der Waals surface area contributed by atoms with E-state index >= 15 is 0 Å². The van der Waals surface area contributed by atoms with Crippen molar-refractivity contribution < 1.29 is 4.74 Å². The van der Waals surface area contributed by atoms with E-state index in [1.165, 1.54) is 17.7 Å². The van der Waals surface area contributed by atoms with Crippen molar-refractivity contribution in [2.24, 2.45) is 0 Å². The average Bonchev–Trinajstić information content (AvgIpc) is 2.67. The first-order valence-corrected chi connectivity index (χ1v) is 6.23. The number of fused-ring (bicyclic) bond motifs is 3. The Balaban J connectivity index is 2.03. The molecule has 0 saturated carbocycles. The Hall–Kier alpha value is -1.02. The Morgan fingerprint density at radius 2 is 2.25 bits per heavy atom. The number of rotatable bonds is 1. The summed E-state index contributed by atoms with van der Waals surface area (Å²) in [6.07, 6.45) is 1.17. The molecule has 0 radical (unpaired) electrons. The molecule has 1 aromatic rings. The number of nitrogens with zero attached hydrogens (tertiary/aromatic N) is 1. The highest BCUT2D eigenvalue weighted by molar-refractivity contribution is 5.63. The van der Waals surface area contributed by atoms with Gasteiger partial charge in [-0.15, -0.1) is 0 Å². The van der Waals surface area contributed by atoms with Crippen molar-refractivity contribution in [3.63, 3.8) is 0 Å². The van der Waals surface area contributed by atoms with E-state index in [1.54, 1.807) is 5.56 Å². The van der Waals surface area contributed by atoms with Crippen LogP contribution in [0.3, 0.4) is 0 Å². The van der Waals surface area contributed by atoms with Gasteiger partial charge in [-0.1, -0.05) is 26.0 Å². The zero-order valence-corrected chi connectivity index (χ0v) is 10.1. The molecule has 3 rings (SSSR count). The lowest BCUT2D eigenvalue weighted by Gasteiger charge is -2.31. The minimum Gasteiger partial charge on any atom is -0.377 e. The molecule has 2 aliphatic rings. The molecule has 16 heavy (non-hydrogen) atoms. The number of morpholine rings is 1. The maximum absolute atomic E-state index is 5.57. The van der Waals surface area contributed by atoms with Gasteiger partial charge in [-0.05, 0) is 29.5 Å². The van der Waals surface area contributed by atoms with Gasteiger partial charge in [0.2, 0.25) is 0 Å². The van der Waals surface area contributed by atoms with E-state index < -0.39 is 0 Å². The summed E-state index contributed by atoms with van der Waals surface area (Å²) >= 11 is 0. The minimum atomic E-state index is 0.587. The van der Waals surface area contributed by atoms with Crippen LogP contribution in [-0.4, -0.2) is 25.8 Å². The Kier molecular flexibility index (Phi) is 2.40. The second-order valence-electron chi connectivity index (χ2n) is 5.13. The van der Waals surface area contributed by atoms with Crippen LogP contribution in [0.25, 0.3) is 0 Å². The number of hydrogen-bond acceptors (Lipinski definition) is 2. The van der Waals surface area contributed by atoms with Crippen molar-refractivity contribution in [2.75, 3.05) is 24.7 Å². The molecule has 2 aliphatic heterocycles. The summed E-state index contributed by atoms with van der Waals surface area (Å²) in [5.41, 5.74) is 4.54. The van der Waals surface area contributed by atoms with Crippen LogP contribution in [0, 0.1) is 0 Å². The summed E-state index contributed by atoms with van der Waals surface area (Å²) in [7, 11) is 0. The summed E-state index contributed by atoms with van der Waals surface area (Å²) in [4.78, 5) is 2.53. The highest BCUT2D eigenvalue weighted by atomic mass is 16.5. The summed E-state index contributed by atoms with van der Waals surface area (Å²) < 4.78 is 5.57. The average molecular weight is 217 g/mol. The van der Waals surface area contributed by atoms with E-state index in [0.29, 0.717) is 12.0 Å². The van der Waals surface area contributed by atoms with Crippen molar-refractivity contribution in [2.45, 2.75) is 32.2 Å². The van der Waals surface area contributed by atoms with Gasteiger partial charge in [-0.2, -0.15) is 0 Å². The third kappa shape index (κ3) is 1.44. The van der Waals surface area contributed by atoms with Crippen molar-refractivity contribution >= 4 is 5.69 Å². The van der Waals surface area contributed by atoms with Crippen molar-refractivity contribution in [3.8, 4) is 0 Å². The van der Waals surface area contributed by atoms with Gasteiger partial charge in [-0.25, -0.2) is 0 Å². The zero-order valence-electron chi connectivity index (χ0n) is 10.1. The zero-order chi connectivity index (χ0) is 11.1. The lowest BCUT2D eigenvalue weighted by molar-refractivity contribution is 0.0976. The van der Waals surface area contributed by atoms with Crippen LogP contribution < -0.4 is 4.90 Å². The molecule has 0 N–H and O–H groups in total. The monoisotopic (exact) mass is 217 g/mol. The molecule has 0 aromatic heterocycles. The first-order chi connectivity index (χ1) is 7.77. The molecule has 0 spiro atoms. The second-order valence-corrected chi connectivity index (χ2v) is 5.13. The lowest BCUT2D eigenvalue weighted by atomic mass is 9.95. The molecule has 0 bridgehead atoms. The quantitative estimate of drug-likeness (QED) is 0.717. The molecule has 1 unspecified atom stereocenters. The van der Waals surface area contributed by atoms with Crippen molar-refractivity contribution in [3.05, 3.63) is 29.3 Å². The van der Waals surface area contributed by atoms with E-state index in [9.17, 15) is 0 Å². The van der Waals surface area contributed by atoms with Gasteiger partial charge in [0.25, 0.3) is 0 Å². The van der Waals surface area contributed by atoms with Gasteiger partial charge in [0.15, 0.2) is 0 Å². The standard InChI is InChI=1S/C14H19NO/c1-10(2)12-4-3-5-14-13(12)8-11-9-16-7-6-15(11)14/h3-5,10-11H,6-9H2,1-2H3. The van der Waals surface area contributed by atoms with E-state index in [0.717, 1.165) is 19.8 Å². The maximum Gasteiger partial charge on any atom is 0.0674 e. The number of anilines is 1. The fraction of sp³-hybridized carbons (Fsp3) is 0.571. The lowest BCUT2D eigenvalue weighted by Crippen LogP contribution is -2.43. The van der Waals surface area contributed by atoms with Gasteiger partial charge in [-0.3, -0.25) is 0 Å². The SMILES string of the molecule is CC(C)c1cccc2c1CC1COCCN21. The topological polar surface area (TPSA) is 12.5 Å². The van der Waals surface area contributed by atoms with Crippen molar-refractivity contribution in [1.82, 2.24) is 0 Å². The normalized spacial score (nSPS) is 23.4. The van der Waals surface area contributed by atoms with Crippen LogP contribution in [0.15, 0.2) is 18.2 Å². The number of hydrogen-bond donors (Lipinski definition) is 0. The minimum absolute atomic E-state index is 0.587. The molecule has 1 fully saturated rings. The van der Waals surface area contributed by atoms with Gasteiger partial charge in [0.1, 0.15) is 0 Å². The van der Waals surface area contributed by atoms with E-state index in [1.807, 2.05) is 0 Å². The number of benzene rings is 1. The predicted octanol–water partition coefficient (Wildman–Crippen LogP) is 2.57. The van der Waals surface area contributed by atoms with E-state index in [-0.39, 0.29) is 0 Å². The van der Waals surface area contributed by atoms with E-state index in [4.69, 9.17) is 4.74 Å². The Bertz CT molecular complexity index is 400.